The molecule has 0 aromatic heterocycles. The van der Waals surface area contributed by atoms with Crippen LogP contribution in [0.1, 0.15) is 18.4 Å². The van der Waals surface area contributed by atoms with E-state index in [1.165, 1.54) is 6.07 Å². The summed E-state index contributed by atoms with van der Waals surface area (Å²) in [7, 11) is 0. The van der Waals surface area contributed by atoms with E-state index < -0.39 is 0 Å². The molecule has 2 N–H and O–H groups in total. The first kappa shape index (κ1) is 11.9. The maximum atomic E-state index is 13.4. The van der Waals surface area contributed by atoms with Crippen LogP contribution >= 0.6 is 0 Å². The van der Waals surface area contributed by atoms with Crippen LogP contribution in [-0.2, 0) is 11.2 Å². The molecule has 3 nitrogen and oxygen atoms in total. The van der Waals surface area contributed by atoms with Gasteiger partial charge in [-0.2, -0.15) is 0 Å². The second-order valence-corrected chi connectivity index (χ2v) is 5.41. The Hall–Kier alpha value is -1.13. The lowest BCUT2D eigenvalue weighted by molar-refractivity contribution is 0.122. The number of nitrogens with zero attached hydrogens (tertiary/aromatic N) is 1. The van der Waals surface area contributed by atoms with E-state index in [1.807, 2.05) is 6.07 Å². The molecule has 1 saturated carbocycles. The van der Waals surface area contributed by atoms with Crippen molar-refractivity contribution in [2.45, 2.75) is 24.8 Å². The van der Waals surface area contributed by atoms with Gasteiger partial charge in [0.25, 0.3) is 0 Å². The summed E-state index contributed by atoms with van der Waals surface area (Å²) in [4.78, 5) is 2.27. The van der Waals surface area contributed by atoms with Gasteiger partial charge in [-0.15, -0.1) is 0 Å². The van der Waals surface area contributed by atoms with Gasteiger partial charge in [-0.3, -0.25) is 0 Å². The SMILES string of the molecule is NC1(Cc2cc(F)ccc2N2CCOCC2)CC1. The number of halogens is 1. The highest BCUT2D eigenvalue weighted by molar-refractivity contribution is 5.55. The van der Waals surface area contributed by atoms with Crippen molar-refractivity contribution < 1.29 is 9.13 Å². The number of rotatable bonds is 3. The number of anilines is 1. The fourth-order valence-electron chi connectivity index (χ4n) is 2.53. The zero-order valence-corrected chi connectivity index (χ0v) is 10.5. The van der Waals surface area contributed by atoms with E-state index in [1.54, 1.807) is 6.07 Å². The molecule has 2 aliphatic rings. The fraction of sp³-hybridized carbons (Fsp3) is 0.571. The standard InChI is InChI=1S/C14H19FN2O/c15-12-1-2-13(17-5-7-18-8-6-17)11(9-12)10-14(16)3-4-14/h1-2,9H,3-8,10,16H2. The Balaban J connectivity index is 1.86. The average Bonchev–Trinajstić information content (AvgIpc) is 3.08. The van der Waals surface area contributed by atoms with Crippen molar-refractivity contribution in [3.63, 3.8) is 0 Å². The van der Waals surface area contributed by atoms with E-state index >= 15 is 0 Å². The molecule has 2 fully saturated rings. The minimum atomic E-state index is -0.175. The molecule has 1 aromatic carbocycles. The molecule has 18 heavy (non-hydrogen) atoms. The molecule has 0 bridgehead atoms. The molecule has 98 valence electrons. The fourth-order valence-corrected chi connectivity index (χ4v) is 2.53. The van der Waals surface area contributed by atoms with Gasteiger partial charge in [0.1, 0.15) is 5.82 Å². The van der Waals surface area contributed by atoms with Crippen LogP contribution in [-0.4, -0.2) is 31.8 Å². The first-order valence-corrected chi connectivity index (χ1v) is 6.56. The van der Waals surface area contributed by atoms with Gasteiger partial charge >= 0.3 is 0 Å². The van der Waals surface area contributed by atoms with Crippen LogP contribution in [0.4, 0.5) is 10.1 Å². The second-order valence-electron chi connectivity index (χ2n) is 5.41. The molecule has 1 aliphatic carbocycles. The maximum Gasteiger partial charge on any atom is 0.123 e. The summed E-state index contributed by atoms with van der Waals surface area (Å²) in [6.07, 6.45) is 2.87. The molecule has 0 spiro atoms. The van der Waals surface area contributed by atoms with Crippen LogP contribution in [0.3, 0.4) is 0 Å². The predicted molar refractivity (Wildman–Crippen MR) is 69.3 cm³/mol. The zero-order chi connectivity index (χ0) is 12.6. The van der Waals surface area contributed by atoms with Gasteiger partial charge in [0.05, 0.1) is 13.2 Å². The van der Waals surface area contributed by atoms with E-state index in [0.717, 1.165) is 56.8 Å². The van der Waals surface area contributed by atoms with Crippen molar-refractivity contribution in [3.8, 4) is 0 Å². The van der Waals surface area contributed by atoms with Gasteiger partial charge in [-0.1, -0.05) is 0 Å². The molecule has 1 aromatic rings. The molecule has 0 unspecified atom stereocenters. The Bertz CT molecular complexity index is 439. The average molecular weight is 250 g/mol. The summed E-state index contributed by atoms with van der Waals surface area (Å²) in [5.41, 5.74) is 8.23. The van der Waals surface area contributed by atoms with Gasteiger partial charge < -0.3 is 15.4 Å². The summed E-state index contributed by atoms with van der Waals surface area (Å²) < 4.78 is 18.8. The molecule has 0 radical (unpaired) electrons. The summed E-state index contributed by atoms with van der Waals surface area (Å²) in [6, 6.07) is 5.05. The first-order valence-electron chi connectivity index (χ1n) is 6.56. The summed E-state index contributed by atoms with van der Waals surface area (Å²) in [5.74, 6) is -0.175. The van der Waals surface area contributed by atoms with Crippen LogP contribution in [0.15, 0.2) is 18.2 Å². The van der Waals surface area contributed by atoms with Crippen LogP contribution < -0.4 is 10.6 Å². The van der Waals surface area contributed by atoms with E-state index in [0.29, 0.717) is 0 Å². The number of benzene rings is 1. The molecule has 1 heterocycles. The quantitative estimate of drug-likeness (QED) is 0.887. The highest BCUT2D eigenvalue weighted by Crippen LogP contribution is 2.38. The highest BCUT2D eigenvalue weighted by Gasteiger charge is 2.38. The third kappa shape index (κ3) is 2.49. The lowest BCUT2D eigenvalue weighted by atomic mass is 10.0. The number of nitrogens with two attached hydrogens (primary N) is 1. The summed E-state index contributed by atoms with van der Waals surface area (Å²) >= 11 is 0. The van der Waals surface area contributed by atoms with Crippen molar-refractivity contribution in [1.82, 2.24) is 0 Å². The number of ether oxygens (including phenoxy) is 1. The van der Waals surface area contributed by atoms with Crippen LogP contribution in [0.5, 0.6) is 0 Å². The van der Waals surface area contributed by atoms with Crippen LogP contribution in [0, 0.1) is 5.82 Å². The largest absolute Gasteiger partial charge is 0.378 e. The number of hydrogen-bond acceptors (Lipinski definition) is 3. The number of morpholine rings is 1. The van der Waals surface area contributed by atoms with Crippen molar-refractivity contribution in [1.29, 1.82) is 0 Å². The molecular formula is C14H19FN2O. The van der Waals surface area contributed by atoms with Gasteiger partial charge in [0, 0.05) is 24.3 Å². The maximum absolute atomic E-state index is 13.4. The van der Waals surface area contributed by atoms with Crippen molar-refractivity contribution in [2.75, 3.05) is 31.2 Å². The molecule has 1 aliphatic heterocycles. The minimum Gasteiger partial charge on any atom is -0.378 e. The third-order valence-corrected chi connectivity index (χ3v) is 3.83. The van der Waals surface area contributed by atoms with E-state index in [9.17, 15) is 4.39 Å². The number of hydrogen-bond donors (Lipinski definition) is 1. The van der Waals surface area contributed by atoms with E-state index in [2.05, 4.69) is 4.90 Å². The lowest BCUT2D eigenvalue weighted by Crippen LogP contribution is -2.37. The molecule has 1 saturated heterocycles. The van der Waals surface area contributed by atoms with Crippen molar-refractivity contribution in [2.24, 2.45) is 5.73 Å². The van der Waals surface area contributed by atoms with E-state index in [-0.39, 0.29) is 11.4 Å². The molecule has 4 heteroatoms. The van der Waals surface area contributed by atoms with Gasteiger partial charge in [-0.25, -0.2) is 4.39 Å². The smallest absolute Gasteiger partial charge is 0.123 e. The third-order valence-electron chi connectivity index (χ3n) is 3.83. The Morgan fingerprint density at radius 3 is 2.67 bits per heavy atom. The topological polar surface area (TPSA) is 38.5 Å². The zero-order valence-electron chi connectivity index (χ0n) is 10.5. The lowest BCUT2D eigenvalue weighted by Gasteiger charge is -2.31. The van der Waals surface area contributed by atoms with Crippen molar-refractivity contribution in [3.05, 3.63) is 29.6 Å². The van der Waals surface area contributed by atoms with Gasteiger partial charge in [0.15, 0.2) is 0 Å². The predicted octanol–water partition coefficient (Wildman–Crippen LogP) is 1.70. The van der Waals surface area contributed by atoms with Gasteiger partial charge in [-0.05, 0) is 43.0 Å². The summed E-state index contributed by atoms with van der Waals surface area (Å²) in [6.45, 7) is 3.22. The molecular weight excluding hydrogens is 231 g/mol. The molecule has 3 rings (SSSR count). The Kier molecular flexibility index (Phi) is 2.99. The Morgan fingerprint density at radius 1 is 1.28 bits per heavy atom. The first-order chi connectivity index (χ1) is 8.66. The van der Waals surface area contributed by atoms with E-state index in [4.69, 9.17) is 10.5 Å². The molecule has 0 amide bonds. The highest BCUT2D eigenvalue weighted by atomic mass is 19.1. The molecule has 0 atom stereocenters. The Labute approximate surface area is 107 Å². The second kappa shape index (κ2) is 4.52. The van der Waals surface area contributed by atoms with Crippen LogP contribution in [0.25, 0.3) is 0 Å². The van der Waals surface area contributed by atoms with Gasteiger partial charge in [0.2, 0.25) is 0 Å². The normalized spacial score (nSPS) is 22.0. The van der Waals surface area contributed by atoms with Crippen LogP contribution in [0.2, 0.25) is 0 Å². The minimum absolute atomic E-state index is 0.0885. The summed E-state index contributed by atoms with van der Waals surface area (Å²) in [5, 5.41) is 0. The van der Waals surface area contributed by atoms with Crippen molar-refractivity contribution >= 4 is 5.69 Å². The Morgan fingerprint density at radius 2 is 2.00 bits per heavy atom. The monoisotopic (exact) mass is 250 g/mol.